The summed E-state index contributed by atoms with van der Waals surface area (Å²) in [5.41, 5.74) is 9.38. The number of H-pyrrole nitrogens is 1. The number of benzene rings is 1. The van der Waals surface area contributed by atoms with Gasteiger partial charge in [-0.15, -0.1) is 0 Å². The highest BCUT2D eigenvalue weighted by molar-refractivity contribution is 9.10. The lowest BCUT2D eigenvalue weighted by Gasteiger charge is -2.37. The van der Waals surface area contributed by atoms with Crippen molar-refractivity contribution in [1.82, 2.24) is 19.5 Å². The summed E-state index contributed by atoms with van der Waals surface area (Å²) in [6.45, 7) is 2.37. The molecular formula is C29H33BrN6O2. The van der Waals surface area contributed by atoms with Gasteiger partial charge in [0.25, 0.3) is 0 Å². The van der Waals surface area contributed by atoms with Gasteiger partial charge in [0.2, 0.25) is 0 Å². The van der Waals surface area contributed by atoms with Crippen LogP contribution in [0.25, 0.3) is 21.9 Å². The van der Waals surface area contributed by atoms with Crippen molar-refractivity contribution in [3.8, 4) is 0 Å². The zero-order chi connectivity index (χ0) is 26.1. The van der Waals surface area contributed by atoms with E-state index in [9.17, 15) is 0 Å². The average Bonchev–Trinajstić information content (AvgIpc) is 3.57. The highest BCUT2D eigenvalue weighted by Gasteiger charge is 2.61. The number of halogens is 1. The molecule has 2 saturated carbocycles. The molecule has 198 valence electrons. The number of aromatic amines is 1. The predicted octanol–water partition coefficient (Wildman–Crippen LogP) is 5.77. The van der Waals surface area contributed by atoms with Gasteiger partial charge in [0, 0.05) is 24.4 Å². The summed E-state index contributed by atoms with van der Waals surface area (Å²) in [6.07, 6.45) is 12.0. The second-order valence-electron chi connectivity index (χ2n) is 11.6. The number of hydrogen-bond donors (Lipinski definition) is 3. The fourth-order valence-electron chi connectivity index (χ4n) is 7.05. The Hall–Kier alpha value is -2.75. The van der Waals surface area contributed by atoms with Crippen LogP contribution in [0.5, 0.6) is 0 Å². The van der Waals surface area contributed by atoms with E-state index in [2.05, 4.69) is 66.8 Å². The molecule has 3 fully saturated rings. The van der Waals surface area contributed by atoms with Crippen LogP contribution in [-0.4, -0.2) is 37.5 Å². The molecule has 38 heavy (non-hydrogen) atoms. The maximum Gasteiger partial charge on any atom is 0.169 e. The van der Waals surface area contributed by atoms with Gasteiger partial charge in [-0.3, -0.25) is 5.41 Å². The van der Waals surface area contributed by atoms with Crippen molar-refractivity contribution in [2.75, 3.05) is 5.73 Å². The molecule has 0 bridgehead atoms. The van der Waals surface area contributed by atoms with Gasteiger partial charge in [0.15, 0.2) is 5.79 Å². The predicted molar refractivity (Wildman–Crippen MR) is 149 cm³/mol. The van der Waals surface area contributed by atoms with Crippen molar-refractivity contribution in [2.45, 2.75) is 82.3 Å². The van der Waals surface area contributed by atoms with E-state index in [0.29, 0.717) is 11.3 Å². The third kappa shape index (κ3) is 3.89. The summed E-state index contributed by atoms with van der Waals surface area (Å²) in [7, 11) is 0. The van der Waals surface area contributed by atoms with Crippen LogP contribution in [0, 0.1) is 10.8 Å². The fourth-order valence-corrected chi connectivity index (χ4v) is 7.39. The topological polar surface area (TPSA) is 115 Å². The maximum absolute atomic E-state index is 8.29. The highest BCUT2D eigenvalue weighted by Crippen LogP contribution is 2.57. The van der Waals surface area contributed by atoms with Crippen LogP contribution in [0.1, 0.15) is 63.5 Å². The van der Waals surface area contributed by atoms with E-state index >= 15 is 0 Å². The Morgan fingerprint density at radius 1 is 1.18 bits per heavy atom. The van der Waals surface area contributed by atoms with Crippen LogP contribution >= 0.6 is 15.9 Å². The van der Waals surface area contributed by atoms with Crippen molar-refractivity contribution >= 4 is 43.7 Å². The maximum atomic E-state index is 8.29. The van der Waals surface area contributed by atoms with Gasteiger partial charge in [-0.1, -0.05) is 25.5 Å². The van der Waals surface area contributed by atoms with Gasteiger partial charge in [-0.05, 0) is 77.2 Å². The first-order valence-electron chi connectivity index (χ1n) is 13.6. The largest absolute Gasteiger partial charge is 0.383 e. The number of anilines is 1. The quantitative estimate of drug-likeness (QED) is 0.285. The number of fused-ring (bicyclic) bond motifs is 3. The summed E-state index contributed by atoms with van der Waals surface area (Å²) < 4.78 is 16.9. The number of ether oxygens (including phenoxy) is 2. The molecule has 1 aliphatic heterocycles. The van der Waals surface area contributed by atoms with Gasteiger partial charge >= 0.3 is 0 Å². The molecule has 2 aliphatic carbocycles. The molecule has 3 aromatic heterocycles. The van der Waals surface area contributed by atoms with Crippen LogP contribution in [0.2, 0.25) is 0 Å². The average molecular weight is 578 g/mol. The molecule has 1 aromatic carbocycles. The fraction of sp³-hybridized carbons (Fsp3) is 0.483. The Balaban J connectivity index is 1.21. The van der Waals surface area contributed by atoms with Crippen LogP contribution < -0.4 is 11.2 Å². The number of nitrogens with one attached hydrogen (secondary N) is 2. The summed E-state index contributed by atoms with van der Waals surface area (Å²) in [4.78, 5) is 12.1. The van der Waals surface area contributed by atoms with Gasteiger partial charge in [0.05, 0.1) is 33.8 Å². The summed E-state index contributed by atoms with van der Waals surface area (Å²) in [5.74, 6) is 0.0501. The van der Waals surface area contributed by atoms with Crippen molar-refractivity contribution in [2.24, 2.45) is 5.41 Å². The SMILES string of the molecule is C[C@]1(CCc2ccc3cc(Br)c(N)nc3c2)C[C@@H](n2ccc3c(=N)[nH]cnc32)[C@@H]2OC3(CCCCC3)O[C@@H]21. The molecule has 3 aliphatic rings. The molecule has 1 saturated heterocycles. The van der Waals surface area contributed by atoms with Crippen molar-refractivity contribution in [3.05, 3.63) is 58.4 Å². The summed E-state index contributed by atoms with van der Waals surface area (Å²) in [5, 5.41) is 10.2. The van der Waals surface area contributed by atoms with E-state index in [1.165, 1.54) is 12.0 Å². The van der Waals surface area contributed by atoms with Crippen LogP contribution in [-0.2, 0) is 15.9 Å². The second-order valence-corrected chi connectivity index (χ2v) is 12.5. The van der Waals surface area contributed by atoms with Crippen LogP contribution in [0.4, 0.5) is 5.82 Å². The number of nitrogens with two attached hydrogens (primary N) is 1. The molecule has 0 amide bonds. The molecule has 9 heteroatoms. The van der Waals surface area contributed by atoms with E-state index in [4.69, 9.17) is 20.6 Å². The Morgan fingerprint density at radius 2 is 2.03 bits per heavy atom. The van der Waals surface area contributed by atoms with Crippen LogP contribution in [0.15, 0.2) is 47.3 Å². The van der Waals surface area contributed by atoms with Gasteiger partial charge in [-0.2, -0.15) is 0 Å². The van der Waals surface area contributed by atoms with E-state index in [1.54, 1.807) is 6.33 Å². The first-order valence-corrected chi connectivity index (χ1v) is 14.4. The molecule has 4 atom stereocenters. The van der Waals surface area contributed by atoms with E-state index in [-0.39, 0.29) is 23.7 Å². The van der Waals surface area contributed by atoms with Crippen LogP contribution in [0.3, 0.4) is 0 Å². The first-order chi connectivity index (χ1) is 18.3. The summed E-state index contributed by atoms with van der Waals surface area (Å²) in [6, 6.07) is 10.6. The van der Waals surface area contributed by atoms with Crippen molar-refractivity contribution in [1.29, 1.82) is 5.41 Å². The number of aromatic nitrogens is 4. The number of hydrogen-bond acceptors (Lipinski definition) is 6. The lowest BCUT2D eigenvalue weighted by atomic mass is 9.80. The van der Waals surface area contributed by atoms with Gasteiger partial charge < -0.3 is 24.8 Å². The Kier molecular flexibility index (Phi) is 5.69. The number of rotatable bonds is 4. The monoisotopic (exact) mass is 576 g/mol. The van der Waals surface area contributed by atoms with E-state index < -0.39 is 5.79 Å². The number of nitrogens with zero attached hydrogens (tertiary/aromatic N) is 3. The van der Waals surface area contributed by atoms with Crippen molar-refractivity contribution < 1.29 is 9.47 Å². The third-order valence-corrected chi connectivity index (χ3v) is 9.74. The smallest absolute Gasteiger partial charge is 0.169 e. The second kappa shape index (κ2) is 8.89. The molecular weight excluding hydrogens is 544 g/mol. The zero-order valence-electron chi connectivity index (χ0n) is 21.5. The molecule has 0 radical (unpaired) electrons. The van der Waals surface area contributed by atoms with E-state index in [1.807, 2.05) is 12.1 Å². The standard InChI is InChI=1S/C29H33BrN6O2/c1-28(11-7-17-5-6-18-14-20(30)26(32)35-21(18)13-17)15-22(36-12-8-19-25(31)33-16-34-27(19)36)23-24(28)38-29(37-23)9-3-2-4-10-29/h5-6,8,12-14,16,22-24H,2-4,7,9-11,15H2,1H3,(H2,32,35)(H2,31,33,34)/t22-,23+,24+,28+/m1/s1. The Morgan fingerprint density at radius 3 is 2.87 bits per heavy atom. The Bertz CT molecular complexity index is 1590. The third-order valence-electron chi connectivity index (χ3n) is 9.11. The highest BCUT2D eigenvalue weighted by atomic mass is 79.9. The molecule has 4 heterocycles. The normalized spacial score (nSPS) is 28.4. The molecule has 1 spiro atoms. The lowest BCUT2D eigenvalue weighted by Crippen LogP contribution is -2.37. The Labute approximate surface area is 229 Å². The zero-order valence-corrected chi connectivity index (χ0v) is 23.1. The number of pyridine rings is 1. The summed E-state index contributed by atoms with van der Waals surface area (Å²) >= 11 is 3.48. The molecule has 4 N–H and O–H groups in total. The van der Waals surface area contributed by atoms with E-state index in [0.717, 1.165) is 71.4 Å². The van der Waals surface area contributed by atoms with Crippen molar-refractivity contribution in [3.63, 3.8) is 0 Å². The lowest BCUT2D eigenvalue weighted by molar-refractivity contribution is -0.211. The minimum atomic E-state index is -0.462. The number of nitrogen functional groups attached to an aromatic ring is 1. The first kappa shape index (κ1) is 24.3. The van der Waals surface area contributed by atoms with Gasteiger partial charge in [-0.25, -0.2) is 9.97 Å². The molecule has 7 rings (SSSR count). The minimum Gasteiger partial charge on any atom is -0.383 e. The number of aryl methyl sites for hydroxylation is 1. The molecule has 4 aromatic rings. The molecule has 0 unspecified atom stereocenters. The van der Waals surface area contributed by atoms with Gasteiger partial charge in [0.1, 0.15) is 23.1 Å². The minimum absolute atomic E-state index is 0.0129. The molecule has 8 nitrogen and oxygen atoms in total.